The van der Waals surface area contributed by atoms with Crippen molar-refractivity contribution >= 4 is 35.9 Å². The summed E-state index contributed by atoms with van der Waals surface area (Å²) in [6.45, 7) is 0.632. The van der Waals surface area contributed by atoms with E-state index >= 15 is 0 Å². The summed E-state index contributed by atoms with van der Waals surface area (Å²) < 4.78 is 0. The molecule has 0 atom stereocenters. The highest BCUT2D eigenvalue weighted by Gasteiger charge is 2.52. The minimum Gasteiger partial charge on any atom is -0.399 e. The molecule has 142 valence electrons. The van der Waals surface area contributed by atoms with E-state index in [-0.39, 0.29) is 43.2 Å². The molecule has 1 spiro atoms. The van der Waals surface area contributed by atoms with Crippen LogP contribution in [0.25, 0.3) is 0 Å². The number of nitrogens with two attached hydrogens (primary N) is 1. The number of halogens is 1. The van der Waals surface area contributed by atoms with E-state index in [4.69, 9.17) is 5.73 Å². The van der Waals surface area contributed by atoms with Crippen molar-refractivity contribution in [2.24, 2.45) is 0 Å². The van der Waals surface area contributed by atoms with Crippen molar-refractivity contribution < 1.29 is 14.4 Å². The standard InChI is InChI=1S/C18H24N4O3.ClH/c19-14-5-3-13(4-6-14)7-11-20-15(23)8-12-22-16(24)18(21-17(22)25)9-1-2-10-18;/h3-6H,1-2,7-12,19H2,(H,20,23)(H,21,25);1H. The Kier molecular flexibility index (Phi) is 6.47. The minimum atomic E-state index is -0.706. The molecule has 0 unspecified atom stereocenters. The monoisotopic (exact) mass is 380 g/mol. The third-order valence-electron chi connectivity index (χ3n) is 4.98. The maximum Gasteiger partial charge on any atom is 0.325 e. The lowest BCUT2D eigenvalue weighted by Crippen LogP contribution is -2.44. The van der Waals surface area contributed by atoms with Crippen molar-refractivity contribution in [3.63, 3.8) is 0 Å². The Morgan fingerprint density at radius 2 is 1.85 bits per heavy atom. The van der Waals surface area contributed by atoms with Crippen LogP contribution < -0.4 is 16.4 Å². The van der Waals surface area contributed by atoms with Crippen LogP contribution in [0, 0.1) is 0 Å². The lowest BCUT2D eigenvalue weighted by atomic mass is 9.98. The van der Waals surface area contributed by atoms with Crippen LogP contribution in [-0.4, -0.2) is 41.4 Å². The number of imide groups is 1. The normalized spacial score (nSPS) is 17.9. The molecule has 0 aromatic heterocycles. The van der Waals surface area contributed by atoms with E-state index < -0.39 is 5.54 Å². The topological polar surface area (TPSA) is 105 Å². The van der Waals surface area contributed by atoms with Gasteiger partial charge in [0, 0.05) is 25.2 Å². The Balaban J connectivity index is 0.00000243. The molecule has 1 aliphatic carbocycles. The predicted molar refractivity (Wildman–Crippen MR) is 101 cm³/mol. The van der Waals surface area contributed by atoms with Crippen LogP contribution in [0.3, 0.4) is 0 Å². The second-order valence-electron chi connectivity index (χ2n) is 6.77. The number of carbonyl (C=O) groups excluding carboxylic acids is 3. The second kappa shape index (κ2) is 8.40. The van der Waals surface area contributed by atoms with Crippen molar-refractivity contribution in [3.05, 3.63) is 29.8 Å². The van der Waals surface area contributed by atoms with Gasteiger partial charge in [0.15, 0.2) is 0 Å². The third-order valence-corrected chi connectivity index (χ3v) is 4.98. The van der Waals surface area contributed by atoms with E-state index in [0.29, 0.717) is 31.5 Å². The van der Waals surface area contributed by atoms with Gasteiger partial charge in [0.25, 0.3) is 5.91 Å². The first-order valence-electron chi connectivity index (χ1n) is 8.75. The molecule has 2 aliphatic rings. The van der Waals surface area contributed by atoms with E-state index in [2.05, 4.69) is 10.6 Å². The van der Waals surface area contributed by atoms with Crippen molar-refractivity contribution in [1.82, 2.24) is 15.5 Å². The van der Waals surface area contributed by atoms with Crippen LogP contribution in [0.1, 0.15) is 37.7 Å². The number of benzene rings is 1. The summed E-state index contributed by atoms with van der Waals surface area (Å²) in [7, 11) is 0. The fourth-order valence-corrected chi connectivity index (χ4v) is 3.53. The number of anilines is 1. The Morgan fingerprint density at radius 3 is 2.50 bits per heavy atom. The quantitative estimate of drug-likeness (QED) is 0.515. The highest BCUT2D eigenvalue weighted by atomic mass is 35.5. The van der Waals surface area contributed by atoms with Gasteiger partial charge in [-0.3, -0.25) is 14.5 Å². The van der Waals surface area contributed by atoms with Gasteiger partial charge in [0.1, 0.15) is 5.54 Å². The van der Waals surface area contributed by atoms with E-state index in [0.717, 1.165) is 18.4 Å². The van der Waals surface area contributed by atoms with E-state index in [1.54, 1.807) is 0 Å². The van der Waals surface area contributed by atoms with Crippen molar-refractivity contribution in [3.8, 4) is 0 Å². The fraction of sp³-hybridized carbons (Fsp3) is 0.500. The van der Waals surface area contributed by atoms with Crippen LogP contribution in [0.5, 0.6) is 0 Å². The Bertz CT molecular complexity index is 672. The molecule has 7 nitrogen and oxygen atoms in total. The lowest BCUT2D eigenvalue weighted by molar-refractivity contribution is -0.131. The van der Waals surface area contributed by atoms with Gasteiger partial charge in [-0.2, -0.15) is 0 Å². The van der Waals surface area contributed by atoms with Crippen LogP contribution in [-0.2, 0) is 16.0 Å². The Labute approximate surface area is 159 Å². The molecule has 8 heteroatoms. The Morgan fingerprint density at radius 1 is 1.19 bits per heavy atom. The van der Waals surface area contributed by atoms with E-state index in [9.17, 15) is 14.4 Å². The SMILES string of the molecule is Cl.Nc1ccc(CCNC(=O)CCN2C(=O)NC3(CCCC3)C2=O)cc1. The summed E-state index contributed by atoms with van der Waals surface area (Å²) in [4.78, 5) is 37.7. The molecule has 1 heterocycles. The molecule has 1 aromatic rings. The van der Waals surface area contributed by atoms with E-state index in [1.165, 1.54) is 4.90 Å². The summed E-state index contributed by atoms with van der Waals surface area (Å²) in [5.41, 5.74) is 6.73. The highest BCUT2D eigenvalue weighted by Crippen LogP contribution is 2.34. The van der Waals surface area contributed by atoms with Gasteiger partial charge in [0.2, 0.25) is 5.91 Å². The molecule has 4 amide bonds. The largest absolute Gasteiger partial charge is 0.399 e. The summed E-state index contributed by atoms with van der Waals surface area (Å²) in [5, 5.41) is 5.64. The first kappa shape index (κ1) is 20.0. The van der Waals surface area contributed by atoms with Crippen LogP contribution in [0.2, 0.25) is 0 Å². The summed E-state index contributed by atoms with van der Waals surface area (Å²) in [6, 6.07) is 7.13. The molecule has 1 saturated carbocycles. The number of nitrogens with one attached hydrogen (secondary N) is 2. The van der Waals surface area contributed by atoms with Crippen molar-refractivity contribution in [1.29, 1.82) is 0 Å². The summed E-state index contributed by atoms with van der Waals surface area (Å²) in [5.74, 6) is -0.340. The number of nitrogens with zero attached hydrogens (tertiary/aromatic N) is 1. The average Bonchev–Trinajstić information content (AvgIpc) is 3.14. The van der Waals surface area contributed by atoms with Gasteiger partial charge >= 0.3 is 6.03 Å². The van der Waals surface area contributed by atoms with Crippen molar-refractivity contribution in [2.45, 2.75) is 44.1 Å². The second-order valence-corrected chi connectivity index (χ2v) is 6.77. The maximum atomic E-state index is 12.5. The number of carbonyl (C=O) groups is 3. The van der Waals surface area contributed by atoms with Gasteiger partial charge in [-0.1, -0.05) is 25.0 Å². The number of amides is 4. The number of urea groups is 1. The molecule has 1 aliphatic heterocycles. The Hall–Kier alpha value is -2.28. The highest BCUT2D eigenvalue weighted by molar-refractivity contribution is 6.07. The molecular formula is C18H25ClN4O3. The van der Waals surface area contributed by atoms with Gasteiger partial charge < -0.3 is 16.4 Å². The molecular weight excluding hydrogens is 356 g/mol. The average molecular weight is 381 g/mol. The lowest BCUT2D eigenvalue weighted by Gasteiger charge is -2.19. The van der Waals surface area contributed by atoms with Crippen molar-refractivity contribution in [2.75, 3.05) is 18.8 Å². The zero-order chi connectivity index (χ0) is 17.9. The zero-order valence-corrected chi connectivity index (χ0v) is 15.4. The number of nitrogen functional groups attached to an aromatic ring is 1. The van der Waals surface area contributed by atoms with Gasteiger partial charge in [0.05, 0.1) is 0 Å². The van der Waals surface area contributed by atoms with Crippen LogP contribution >= 0.6 is 12.4 Å². The zero-order valence-electron chi connectivity index (χ0n) is 14.6. The first-order chi connectivity index (χ1) is 12.0. The minimum absolute atomic E-state index is 0. The molecule has 4 N–H and O–H groups in total. The fourth-order valence-electron chi connectivity index (χ4n) is 3.53. The summed E-state index contributed by atoms with van der Waals surface area (Å²) >= 11 is 0. The molecule has 26 heavy (non-hydrogen) atoms. The smallest absolute Gasteiger partial charge is 0.325 e. The van der Waals surface area contributed by atoms with Crippen LogP contribution in [0.15, 0.2) is 24.3 Å². The van der Waals surface area contributed by atoms with Crippen LogP contribution in [0.4, 0.5) is 10.5 Å². The van der Waals surface area contributed by atoms with E-state index in [1.807, 2.05) is 24.3 Å². The molecule has 1 aromatic carbocycles. The molecule has 0 radical (unpaired) electrons. The molecule has 2 fully saturated rings. The maximum absolute atomic E-state index is 12.5. The number of hydrogen-bond donors (Lipinski definition) is 3. The van der Waals surface area contributed by atoms with Gasteiger partial charge in [-0.25, -0.2) is 4.79 Å². The number of hydrogen-bond acceptors (Lipinski definition) is 4. The molecule has 3 rings (SSSR count). The van der Waals surface area contributed by atoms with Gasteiger partial charge in [-0.15, -0.1) is 12.4 Å². The molecule has 0 bridgehead atoms. The summed E-state index contributed by atoms with van der Waals surface area (Å²) in [6.07, 6.45) is 4.12. The predicted octanol–water partition coefficient (Wildman–Crippen LogP) is 1.60. The van der Waals surface area contributed by atoms with Gasteiger partial charge in [-0.05, 0) is 37.0 Å². The number of rotatable bonds is 6. The third kappa shape index (κ3) is 4.27. The first-order valence-corrected chi connectivity index (χ1v) is 8.75. The molecule has 1 saturated heterocycles.